The molecule has 0 amide bonds. The van der Waals surface area contributed by atoms with E-state index >= 15 is 0 Å². The van der Waals surface area contributed by atoms with Crippen molar-refractivity contribution >= 4 is 0 Å². The average molecular weight is 387 g/mol. The van der Waals surface area contributed by atoms with E-state index in [1.165, 1.54) is 11.3 Å². The number of ether oxygens (including phenoxy) is 1. The van der Waals surface area contributed by atoms with Crippen LogP contribution in [0.15, 0.2) is 72.0 Å². The Hall–Kier alpha value is -3.15. The highest BCUT2D eigenvalue weighted by molar-refractivity contribution is 5.68. The number of nitrogens with zero attached hydrogens (tertiary/aromatic N) is 5. The Bertz CT molecular complexity index is 1120. The van der Waals surface area contributed by atoms with Crippen molar-refractivity contribution in [2.45, 2.75) is 44.9 Å². The summed E-state index contributed by atoms with van der Waals surface area (Å²) in [6, 6.07) is 8.20. The van der Waals surface area contributed by atoms with Gasteiger partial charge in [-0.25, -0.2) is 4.68 Å². The molecule has 3 aliphatic rings. The Kier molecular flexibility index (Phi) is 3.51. The first-order chi connectivity index (χ1) is 13.8. The molecule has 5 rings (SSSR count). The van der Waals surface area contributed by atoms with Gasteiger partial charge in [0.15, 0.2) is 11.9 Å². The maximum Gasteiger partial charge on any atom is 0.182 e. The van der Waals surface area contributed by atoms with E-state index in [0.29, 0.717) is 6.54 Å². The van der Waals surface area contributed by atoms with Crippen LogP contribution in [0.4, 0.5) is 0 Å². The van der Waals surface area contributed by atoms with Gasteiger partial charge in [-0.15, -0.1) is 5.10 Å². The lowest BCUT2D eigenvalue weighted by Gasteiger charge is -2.42. The summed E-state index contributed by atoms with van der Waals surface area (Å²) in [4.78, 5) is 2.39. The minimum atomic E-state index is -0.597. The molecule has 0 fully saturated rings. The molecule has 6 nitrogen and oxygen atoms in total. The molecule has 0 N–H and O–H groups in total. The van der Waals surface area contributed by atoms with E-state index in [0.717, 1.165) is 28.3 Å². The Morgan fingerprint density at radius 2 is 1.97 bits per heavy atom. The average Bonchev–Trinajstić information content (AvgIpc) is 3.18. The first-order valence-electron chi connectivity index (χ1n) is 9.88. The van der Waals surface area contributed by atoms with Crippen LogP contribution in [0, 0.1) is 0 Å². The van der Waals surface area contributed by atoms with Gasteiger partial charge in [0.25, 0.3) is 0 Å². The quantitative estimate of drug-likeness (QED) is 0.804. The van der Waals surface area contributed by atoms with E-state index in [4.69, 9.17) is 4.74 Å². The molecular weight excluding hydrogens is 362 g/mol. The molecule has 2 atom stereocenters. The number of tetrazole rings is 1. The highest BCUT2D eigenvalue weighted by Crippen LogP contribution is 2.57. The summed E-state index contributed by atoms with van der Waals surface area (Å²) in [6.45, 7) is 17.3. The van der Waals surface area contributed by atoms with Crippen LogP contribution in [0.1, 0.15) is 39.1 Å². The zero-order valence-electron chi connectivity index (χ0n) is 17.3. The van der Waals surface area contributed by atoms with Crippen LogP contribution in [0.5, 0.6) is 5.75 Å². The summed E-state index contributed by atoms with van der Waals surface area (Å²) in [7, 11) is 0. The second-order valence-electron chi connectivity index (χ2n) is 8.88. The van der Waals surface area contributed by atoms with Gasteiger partial charge in [-0.05, 0) is 55.3 Å². The molecule has 29 heavy (non-hydrogen) atoms. The van der Waals surface area contributed by atoms with Gasteiger partial charge in [0.1, 0.15) is 11.3 Å². The fourth-order valence-electron chi connectivity index (χ4n) is 4.63. The van der Waals surface area contributed by atoms with Gasteiger partial charge in [0, 0.05) is 17.7 Å². The van der Waals surface area contributed by atoms with Gasteiger partial charge in [-0.3, -0.25) is 0 Å². The number of hydrogen-bond donors (Lipinski definition) is 0. The summed E-state index contributed by atoms with van der Waals surface area (Å²) in [5, 5.41) is 12.9. The first-order valence-corrected chi connectivity index (χ1v) is 9.88. The van der Waals surface area contributed by atoms with Crippen LogP contribution in [-0.4, -0.2) is 37.8 Å². The molecule has 6 heteroatoms. The van der Waals surface area contributed by atoms with Crippen LogP contribution in [0.2, 0.25) is 0 Å². The largest absolute Gasteiger partial charge is 0.479 e. The van der Waals surface area contributed by atoms with Gasteiger partial charge in [0.05, 0.1) is 11.2 Å². The van der Waals surface area contributed by atoms with Crippen molar-refractivity contribution in [1.29, 1.82) is 0 Å². The number of fused-ring (bicyclic) bond motifs is 2. The van der Waals surface area contributed by atoms with Gasteiger partial charge in [-0.1, -0.05) is 43.5 Å². The molecule has 0 saturated carbocycles. The molecule has 0 radical (unpaired) electrons. The topological polar surface area (TPSA) is 56.1 Å². The molecule has 2 aliphatic heterocycles. The van der Waals surface area contributed by atoms with E-state index in [1.807, 2.05) is 35.0 Å². The van der Waals surface area contributed by atoms with E-state index in [9.17, 15) is 0 Å². The summed E-state index contributed by atoms with van der Waals surface area (Å²) in [5.74, 6) is 1.66. The monoisotopic (exact) mass is 387 g/mol. The lowest BCUT2D eigenvalue weighted by Crippen LogP contribution is -2.47. The molecule has 1 aromatic heterocycles. The lowest BCUT2D eigenvalue weighted by molar-refractivity contribution is 0.177. The van der Waals surface area contributed by atoms with Crippen LogP contribution in [0.25, 0.3) is 0 Å². The molecule has 2 aromatic rings. The molecule has 2 unspecified atom stereocenters. The highest BCUT2D eigenvalue weighted by Gasteiger charge is 2.57. The van der Waals surface area contributed by atoms with Gasteiger partial charge < -0.3 is 9.64 Å². The molecule has 0 spiro atoms. The Balaban J connectivity index is 1.79. The molecule has 3 heterocycles. The van der Waals surface area contributed by atoms with Crippen molar-refractivity contribution in [2.75, 3.05) is 6.54 Å². The third kappa shape index (κ3) is 2.26. The van der Waals surface area contributed by atoms with Crippen molar-refractivity contribution in [3.05, 3.63) is 83.4 Å². The van der Waals surface area contributed by atoms with Crippen molar-refractivity contribution in [3.8, 4) is 5.75 Å². The molecule has 1 aromatic carbocycles. The molecule has 0 saturated heterocycles. The van der Waals surface area contributed by atoms with Crippen LogP contribution >= 0.6 is 0 Å². The second-order valence-corrected chi connectivity index (χ2v) is 8.88. The number of para-hydroxylation sites is 1. The minimum absolute atomic E-state index is 0.0672. The zero-order valence-corrected chi connectivity index (χ0v) is 17.3. The Morgan fingerprint density at radius 1 is 1.21 bits per heavy atom. The normalized spacial score (nSPS) is 25.1. The summed E-state index contributed by atoms with van der Waals surface area (Å²) in [5.41, 5.74) is 4.86. The Morgan fingerprint density at radius 3 is 2.66 bits per heavy atom. The number of aromatic nitrogens is 4. The maximum atomic E-state index is 6.48. The fraction of sp³-hybridized carbons (Fsp3) is 0.348. The third-order valence-electron chi connectivity index (χ3n) is 6.15. The number of rotatable bonds is 3. The van der Waals surface area contributed by atoms with Crippen LogP contribution < -0.4 is 4.74 Å². The highest BCUT2D eigenvalue weighted by atomic mass is 16.5. The standard InChI is InChI=1S/C23H25N5O/c1-7-14-13-27-19-18(15(14)8-2)20(19)29-17-12-10-9-11-16(17)23(27,6)21-24-25-26-28(21)22(3,4)5/h7-12,20H,1-2,13H2,3-6H3. The van der Waals surface area contributed by atoms with Crippen molar-refractivity contribution < 1.29 is 4.74 Å². The second kappa shape index (κ2) is 5.69. The summed E-state index contributed by atoms with van der Waals surface area (Å²) in [6.07, 6.45) is 3.77. The SMILES string of the molecule is C=CC1=C(C=C)C2=C3C2Oc2ccccc2C(C)(c2nnnn2C(C)(C)C)N3C1. The zero-order chi connectivity index (χ0) is 20.6. The molecular formula is C23H25N5O. The maximum absolute atomic E-state index is 6.48. The lowest BCUT2D eigenvalue weighted by atomic mass is 9.86. The predicted molar refractivity (Wildman–Crippen MR) is 111 cm³/mol. The fourth-order valence-corrected chi connectivity index (χ4v) is 4.63. The van der Waals surface area contributed by atoms with Crippen LogP contribution in [-0.2, 0) is 11.1 Å². The Labute approximate surface area is 170 Å². The smallest absolute Gasteiger partial charge is 0.182 e. The van der Waals surface area contributed by atoms with E-state index in [-0.39, 0.29) is 11.6 Å². The van der Waals surface area contributed by atoms with Gasteiger partial charge >= 0.3 is 0 Å². The van der Waals surface area contributed by atoms with Crippen LogP contribution in [0.3, 0.4) is 0 Å². The van der Waals surface area contributed by atoms with E-state index in [2.05, 4.69) is 67.3 Å². The van der Waals surface area contributed by atoms with Crippen molar-refractivity contribution in [1.82, 2.24) is 25.1 Å². The number of hydrogen-bond acceptors (Lipinski definition) is 5. The van der Waals surface area contributed by atoms with Crippen molar-refractivity contribution in [3.63, 3.8) is 0 Å². The van der Waals surface area contributed by atoms with E-state index < -0.39 is 5.54 Å². The molecule has 1 aliphatic carbocycles. The summed E-state index contributed by atoms with van der Waals surface area (Å²) < 4.78 is 8.40. The summed E-state index contributed by atoms with van der Waals surface area (Å²) >= 11 is 0. The molecule has 148 valence electrons. The van der Waals surface area contributed by atoms with Gasteiger partial charge in [0.2, 0.25) is 0 Å². The third-order valence-corrected chi connectivity index (χ3v) is 6.15. The van der Waals surface area contributed by atoms with Gasteiger partial charge in [-0.2, -0.15) is 0 Å². The van der Waals surface area contributed by atoms with E-state index in [1.54, 1.807) is 0 Å². The van der Waals surface area contributed by atoms with Crippen molar-refractivity contribution in [2.24, 2.45) is 0 Å². The first kappa shape index (κ1) is 17.9. The number of benzene rings is 1. The molecule has 0 bridgehead atoms. The predicted octanol–water partition coefficient (Wildman–Crippen LogP) is 3.70. The minimum Gasteiger partial charge on any atom is -0.479 e. The number of allylic oxidation sites excluding steroid dienone is 1.